The van der Waals surface area contributed by atoms with Crippen molar-refractivity contribution in [1.29, 1.82) is 0 Å². The van der Waals surface area contributed by atoms with Crippen molar-refractivity contribution in [3.63, 3.8) is 0 Å². The van der Waals surface area contributed by atoms with Gasteiger partial charge in [0.25, 0.3) is 11.8 Å². The fourth-order valence-electron chi connectivity index (χ4n) is 3.60. The summed E-state index contributed by atoms with van der Waals surface area (Å²) >= 11 is 0. The van der Waals surface area contributed by atoms with Gasteiger partial charge in [-0.2, -0.15) is 13.2 Å². The van der Waals surface area contributed by atoms with Crippen molar-refractivity contribution in [2.24, 2.45) is 0 Å². The van der Waals surface area contributed by atoms with Crippen LogP contribution in [-0.4, -0.2) is 48.0 Å². The molecule has 1 aliphatic heterocycles. The summed E-state index contributed by atoms with van der Waals surface area (Å²) in [5.41, 5.74) is -1.54. The molecule has 2 fully saturated rings. The van der Waals surface area contributed by atoms with Gasteiger partial charge in [-0.05, 0) is 43.5 Å². The number of amides is 4. The van der Waals surface area contributed by atoms with Crippen LogP contribution in [-0.2, 0) is 15.8 Å². The summed E-state index contributed by atoms with van der Waals surface area (Å²) in [4.78, 5) is 37.5. The molecule has 1 saturated carbocycles. The molecule has 1 heterocycles. The largest absolute Gasteiger partial charge is 0.484 e. The Morgan fingerprint density at radius 1 is 1.17 bits per heavy atom. The van der Waals surface area contributed by atoms with Gasteiger partial charge in [0.2, 0.25) is 0 Å². The first-order valence-electron chi connectivity index (χ1n) is 9.42. The van der Waals surface area contributed by atoms with Gasteiger partial charge in [-0.25, -0.2) is 4.79 Å². The third-order valence-electron chi connectivity index (χ3n) is 5.14. The number of nitrogens with zero attached hydrogens (tertiary/aromatic N) is 1. The van der Waals surface area contributed by atoms with Crippen molar-refractivity contribution in [2.45, 2.75) is 43.8 Å². The first kappa shape index (κ1) is 20.9. The summed E-state index contributed by atoms with van der Waals surface area (Å²) in [6, 6.07) is 3.65. The molecule has 0 unspecified atom stereocenters. The number of hydrogen-bond donors (Lipinski definition) is 2. The normalized spacial score (nSPS) is 18.2. The molecule has 2 aliphatic rings. The maximum Gasteiger partial charge on any atom is 0.416 e. The topological polar surface area (TPSA) is 87.7 Å². The maximum absolute atomic E-state index is 12.5. The Labute approximate surface area is 165 Å². The number of hydrogen-bond acceptors (Lipinski definition) is 4. The Morgan fingerprint density at radius 3 is 2.45 bits per heavy atom. The van der Waals surface area contributed by atoms with Crippen molar-refractivity contribution in [3.05, 3.63) is 29.8 Å². The molecule has 1 saturated heterocycles. The Morgan fingerprint density at radius 2 is 1.83 bits per heavy atom. The zero-order chi connectivity index (χ0) is 21.1. The van der Waals surface area contributed by atoms with Crippen molar-refractivity contribution in [2.75, 3.05) is 19.7 Å². The van der Waals surface area contributed by atoms with E-state index < -0.39 is 29.2 Å². The molecule has 158 valence electrons. The molecule has 4 amide bonds. The Balaban J connectivity index is 1.36. The van der Waals surface area contributed by atoms with Gasteiger partial charge in [0, 0.05) is 13.1 Å². The maximum atomic E-state index is 12.5. The SMILES string of the molecule is O=C(COc1ccc(C(F)(F)F)cc1)NCCCN1C(=O)NC2(CCCC2)C1=O. The van der Waals surface area contributed by atoms with Crippen LogP contribution in [0.5, 0.6) is 5.75 Å². The first-order valence-corrected chi connectivity index (χ1v) is 9.42. The lowest BCUT2D eigenvalue weighted by molar-refractivity contribution is -0.137. The lowest BCUT2D eigenvalue weighted by atomic mass is 9.98. The van der Waals surface area contributed by atoms with E-state index in [2.05, 4.69) is 10.6 Å². The van der Waals surface area contributed by atoms with Crippen molar-refractivity contribution in [1.82, 2.24) is 15.5 Å². The van der Waals surface area contributed by atoms with Gasteiger partial charge < -0.3 is 15.4 Å². The molecule has 0 atom stereocenters. The highest BCUT2D eigenvalue weighted by molar-refractivity contribution is 6.07. The molecule has 1 spiro atoms. The standard InChI is InChI=1S/C19H22F3N3O4/c20-19(21,22)13-4-6-14(7-5-13)29-12-15(26)23-10-3-11-25-16(27)18(24-17(25)28)8-1-2-9-18/h4-7H,1-3,8-12H2,(H,23,26)(H,24,28). The molecule has 1 aromatic rings. The number of halogens is 3. The fourth-order valence-corrected chi connectivity index (χ4v) is 3.60. The third kappa shape index (κ3) is 4.80. The van der Waals surface area contributed by atoms with Crippen LogP contribution in [0.1, 0.15) is 37.7 Å². The minimum Gasteiger partial charge on any atom is -0.484 e. The summed E-state index contributed by atoms with van der Waals surface area (Å²) in [6.07, 6.45) is -0.899. The van der Waals surface area contributed by atoms with E-state index in [1.54, 1.807) is 0 Å². The van der Waals surface area contributed by atoms with Crippen molar-refractivity contribution >= 4 is 17.8 Å². The molecule has 29 heavy (non-hydrogen) atoms. The summed E-state index contributed by atoms with van der Waals surface area (Å²) < 4.78 is 42.7. The lowest BCUT2D eigenvalue weighted by Crippen LogP contribution is -2.44. The highest BCUT2D eigenvalue weighted by atomic mass is 19.4. The van der Waals surface area contributed by atoms with Crippen LogP contribution in [0.25, 0.3) is 0 Å². The number of nitrogens with one attached hydrogen (secondary N) is 2. The molecular weight excluding hydrogens is 391 g/mol. The monoisotopic (exact) mass is 413 g/mol. The second-order valence-corrected chi connectivity index (χ2v) is 7.19. The zero-order valence-electron chi connectivity index (χ0n) is 15.7. The second kappa shape index (κ2) is 8.30. The lowest BCUT2D eigenvalue weighted by Gasteiger charge is -2.20. The predicted molar refractivity (Wildman–Crippen MR) is 96.0 cm³/mol. The Hall–Kier alpha value is -2.78. The number of urea groups is 1. The van der Waals surface area contributed by atoms with Gasteiger partial charge >= 0.3 is 12.2 Å². The molecule has 0 bridgehead atoms. The molecule has 2 N–H and O–H groups in total. The molecule has 0 aromatic heterocycles. The highest BCUT2D eigenvalue weighted by Gasteiger charge is 2.51. The number of carbonyl (C=O) groups is 3. The number of rotatable bonds is 7. The smallest absolute Gasteiger partial charge is 0.416 e. The number of alkyl halides is 3. The van der Waals surface area contributed by atoms with Crippen molar-refractivity contribution in [3.8, 4) is 5.75 Å². The van der Waals surface area contributed by atoms with E-state index in [1.807, 2.05) is 0 Å². The van der Waals surface area contributed by atoms with Gasteiger partial charge in [-0.1, -0.05) is 12.8 Å². The van der Waals surface area contributed by atoms with Gasteiger partial charge in [0.15, 0.2) is 6.61 Å². The summed E-state index contributed by atoms with van der Waals surface area (Å²) in [6.45, 7) is 0.0866. The number of benzene rings is 1. The van der Waals surface area contributed by atoms with Crippen LogP contribution in [0, 0.1) is 0 Å². The van der Waals surface area contributed by atoms with E-state index in [0.717, 1.165) is 37.1 Å². The highest BCUT2D eigenvalue weighted by Crippen LogP contribution is 2.35. The molecule has 1 aliphatic carbocycles. The molecule has 1 aromatic carbocycles. The summed E-state index contributed by atoms with van der Waals surface area (Å²) in [7, 11) is 0. The van der Waals surface area contributed by atoms with Crippen LogP contribution in [0.4, 0.5) is 18.0 Å². The van der Waals surface area contributed by atoms with Crippen molar-refractivity contribution < 1.29 is 32.3 Å². The number of ether oxygens (including phenoxy) is 1. The average molecular weight is 413 g/mol. The minimum absolute atomic E-state index is 0.148. The summed E-state index contributed by atoms with van der Waals surface area (Å²) in [5, 5.41) is 5.38. The van der Waals surface area contributed by atoms with E-state index in [-0.39, 0.29) is 31.4 Å². The molecular formula is C19H22F3N3O4. The van der Waals surface area contributed by atoms with Crippen LogP contribution < -0.4 is 15.4 Å². The third-order valence-corrected chi connectivity index (χ3v) is 5.14. The van der Waals surface area contributed by atoms with E-state index >= 15 is 0 Å². The van der Waals surface area contributed by atoms with Gasteiger partial charge in [-0.3, -0.25) is 14.5 Å². The number of imide groups is 1. The van der Waals surface area contributed by atoms with Crippen LogP contribution in [0.15, 0.2) is 24.3 Å². The van der Waals surface area contributed by atoms with E-state index in [4.69, 9.17) is 4.74 Å². The van der Waals surface area contributed by atoms with Gasteiger partial charge in [0.05, 0.1) is 5.56 Å². The minimum atomic E-state index is -4.43. The van der Waals surface area contributed by atoms with E-state index in [9.17, 15) is 27.6 Å². The molecule has 10 heteroatoms. The van der Waals surface area contributed by atoms with E-state index in [0.29, 0.717) is 19.3 Å². The fraction of sp³-hybridized carbons (Fsp3) is 0.526. The van der Waals surface area contributed by atoms with Gasteiger partial charge in [0.1, 0.15) is 11.3 Å². The molecule has 0 radical (unpaired) electrons. The Bertz CT molecular complexity index is 774. The Kier molecular flexibility index (Phi) is 5.99. The molecule has 3 rings (SSSR count). The molecule has 7 nitrogen and oxygen atoms in total. The van der Waals surface area contributed by atoms with Gasteiger partial charge in [-0.15, -0.1) is 0 Å². The average Bonchev–Trinajstić information content (AvgIpc) is 3.23. The van der Waals surface area contributed by atoms with E-state index in [1.165, 1.54) is 4.90 Å². The zero-order valence-corrected chi connectivity index (χ0v) is 15.7. The second-order valence-electron chi connectivity index (χ2n) is 7.19. The number of carbonyl (C=O) groups excluding carboxylic acids is 3. The predicted octanol–water partition coefficient (Wildman–Crippen LogP) is 2.46. The van der Waals surface area contributed by atoms with Crippen LogP contribution in [0.3, 0.4) is 0 Å². The quantitative estimate of drug-likeness (QED) is 0.531. The summed E-state index contributed by atoms with van der Waals surface area (Å²) in [5.74, 6) is -0.499. The first-order chi connectivity index (χ1) is 13.7. The van der Waals surface area contributed by atoms with Crippen LogP contribution in [0.2, 0.25) is 0 Å². The van der Waals surface area contributed by atoms with Crippen LogP contribution >= 0.6 is 0 Å².